The highest BCUT2D eigenvalue weighted by Gasteiger charge is 2.37. The number of nitrogens with one attached hydrogen (secondary N) is 1. The molecule has 112 valence electrons. The van der Waals surface area contributed by atoms with E-state index >= 15 is 0 Å². The molecule has 3 aromatic rings. The van der Waals surface area contributed by atoms with E-state index in [0.29, 0.717) is 17.9 Å². The maximum atomic E-state index is 3.81. The number of rotatable bonds is 1. The maximum absolute atomic E-state index is 3.81. The van der Waals surface area contributed by atoms with Crippen LogP contribution in [0.15, 0.2) is 78.9 Å². The van der Waals surface area contributed by atoms with E-state index in [1.165, 1.54) is 27.6 Å². The summed E-state index contributed by atoms with van der Waals surface area (Å²) in [5.41, 5.74) is 4.14. The first-order chi connectivity index (χ1) is 11.4. The van der Waals surface area contributed by atoms with Gasteiger partial charge in [0.05, 0.1) is 6.04 Å². The molecule has 0 saturated heterocycles. The Labute approximate surface area is 136 Å². The van der Waals surface area contributed by atoms with Crippen molar-refractivity contribution in [3.05, 3.63) is 90.0 Å². The van der Waals surface area contributed by atoms with Crippen molar-refractivity contribution < 1.29 is 0 Å². The molecule has 0 bridgehead atoms. The van der Waals surface area contributed by atoms with E-state index in [-0.39, 0.29) is 0 Å². The number of hydrogen-bond donors (Lipinski definition) is 1. The largest absolute Gasteiger partial charge is 0.378 e. The van der Waals surface area contributed by atoms with Gasteiger partial charge in [0.25, 0.3) is 0 Å². The van der Waals surface area contributed by atoms with Gasteiger partial charge in [-0.05, 0) is 46.4 Å². The first-order valence-corrected chi connectivity index (χ1v) is 8.41. The monoisotopic (exact) mass is 297 g/mol. The Bertz CT molecular complexity index is 908. The van der Waals surface area contributed by atoms with E-state index in [0.717, 1.165) is 6.42 Å². The molecule has 0 spiro atoms. The highest BCUT2D eigenvalue weighted by molar-refractivity contribution is 5.83. The summed E-state index contributed by atoms with van der Waals surface area (Å²) in [7, 11) is 0. The lowest BCUT2D eigenvalue weighted by molar-refractivity contribution is 0.426. The molecular formula is C22H19N. The van der Waals surface area contributed by atoms with Crippen LogP contribution in [0.3, 0.4) is 0 Å². The van der Waals surface area contributed by atoms with Gasteiger partial charge in [-0.25, -0.2) is 0 Å². The van der Waals surface area contributed by atoms with Crippen LogP contribution in [0.25, 0.3) is 10.8 Å². The molecule has 1 aliphatic heterocycles. The molecule has 3 aromatic carbocycles. The lowest BCUT2D eigenvalue weighted by atomic mass is 9.77. The highest BCUT2D eigenvalue weighted by atomic mass is 15.0. The van der Waals surface area contributed by atoms with Crippen molar-refractivity contribution in [1.29, 1.82) is 0 Å². The van der Waals surface area contributed by atoms with Crippen LogP contribution in [-0.2, 0) is 0 Å². The number of benzene rings is 3. The van der Waals surface area contributed by atoms with Gasteiger partial charge in [-0.3, -0.25) is 0 Å². The summed E-state index contributed by atoms with van der Waals surface area (Å²) in [5.74, 6) is 1.16. The number of fused-ring (bicyclic) bond motifs is 4. The molecule has 1 aliphatic carbocycles. The molecule has 3 unspecified atom stereocenters. The Morgan fingerprint density at radius 1 is 0.826 bits per heavy atom. The van der Waals surface area contributed by atoms with E-state index in [1.807, 2.05) is 0 Å². The smallest absolute Gasteiger partial charge is 0.0554 e. The fourth-order valence-electron chi connectivity index (χ4n) is 4.27. The molecule has 2 aliphatic rings. The number of hydrogen-bond acceptors (Lipinski definition) is 1. The van der Waals surface area contributed by atoms with Gasteiger partial charge in [-0.1, -0.05) is 66.7 Å². The van der Waals surface area contributed by atoms with E-state index in [1.54, 1.807) is 0 Å². The Kier molecular flexibility index (Phi) is 2.81. The van der Waals surface area contributed by atoms with Crippen LogP contribution in [-0.4, -0.2) is 0 Å². The molecule has 23 heavy (non-hydrogen) atoms. The van der Waals surface area contributed by atoms with Crippen molar-refractivity contribution in [2.45, 2.75) is 18.4 Å². The average molecular weight is 297 g/mol. The molecule has 1 nitrogen and oxygen atoms in total. The van der Waals surface area contributed by atoms with Gasteiger partial charge in [0.2, 0.25) is 0 Å². The molecule has 0 fully saturated rings. The van der Waals surface area contributed by atoms with Crippen molar-refractivity contribution in [2.75, 3.05) is 5.32 Å². The minimum Gasteiger partial charge on any atom is -0.378 e. The third kappa shape index (κ3) is 2.00. The fourth-order valence-corrected chi connectivity index (χ4v) is 4.27. The topological polar surface area (TPSA) is 12.0 Å². The summed E-state index contributed by atoms with van der Waals surface area (Å²) in [5, 5.41) is 6.45. The van der Waals surface area contributed by atoms with Crippen LogP contribution in [0.1, 0.15) is 29.5 Å². The summed E-state index contributed by atoms with van der Waals surface area (Å²) in [6.45, 7) is 0. The molecule has 0 saturated carbocycles. The van der Waals surface area contributed by atoms with Gasteiger partial charge in [0, 0.05) is 11.6 Å². The second-order valence-electron chi connectivity index (χ2n) is 6.67. The third-order valence-electron chi connectivity index (χ3n) is 5.40. The van der Waals surface area contributed by atoms with E-state index in [2.05, 4.69) is 84.2 Å². The Morgan fingerprint density at radius 2 is 1.65 bits per heavy atom. The average Bonchev–Trinajstić information content (AvgIpc) is 3.11. The molecule has 5 rings (SSSR count). The zero-order valence-electron chi connectivity index (χ0n) is 12.9. The molecule has 0 radical (unpaired) electrons. The second-order valence-corrected chi connectivity index (χ2v) is 6.67. The Hall–Kier alpha value is -2.54. The second kappa shape index (κ2) is 4.99. The minimum absolute atomic E-state index is 0.384. The van der Waals surface area contributed by atoms with Crippen LogP contribution >= 0.6 is 0 Å². The zero-order chi connectivity index (χ0) is 15.2. The standard InChI is InChI=1S/C22H19N/c1-2-7-16-14-17(13-12-15(16)6-1)22-20-10-5-9-18(20)19-8-3-4-11-21(19)23-22/h1-9,11-14,18,20,22-23H,10H2. The first-order valence-electron chi connectivity index (χ1n) is 8.41. The molecule has 0 amide bonds. The lowest BCUT2D eigenvalue weighted by Crippen LogP contribution is -2.28. The maximum Gasteiger partial charge on any atom is 0.0554 e. The van der Waals surface area contributed by atoms with Crippen molar-refractivity contribution in [3.8, 4) is 0 Å². The van der Waals surface area contributed by atoms with Gasteiger partial charge in [-0.15, -0.1) is 0 Å². The number of anilines is 1. The summed E-state index contributed by atoms with van der Waals surface area (Å²) < 4.78 is 0. The molecule has 0 aromatic heterocycles. The van der Waals surface area contributed by atoms with Gasteiger partial charge in [0.1, 0.15) is 0 Å². The Balaban J connectivity index is 1.62. The van der Waals surface area contributed by atoms with Crippen LogP contribution in [0, 0.1) is 5.92 Å². The summed E-state index contributed by atoms with van der Waals surface area (Å²) in [4.78, 5) is 0. The molecule has 3 atom stereocenters. The first kappa shape index (κ1) is 13.0. The molecular weight excluding hydrogens is 278 g/mol. The van der Waals surface area contributed by atoms with Gasteiger partial charge < -0.3 is 5.32 Å². The molecule has 1 heterocycles. The molecule has 1 heteroatoms. The van der Waals surface area contributed by atoms with Crippen LogP contribution in [0.2, 0.25) is 0 Å². The van der Waals surface area contributed by atoms with Gasteiger partial charge in [-0.2, -0.15) is 0 Å². The zero-order valence-corrected chi connectivity index (χ0v) is 12.9. The normalized spacial score (nSPS) is 25.0. The fraction of sp³-hybridized carbons (Fsp3) is 0.182. The quantitative estimate of drug-likeness (QED) is 0.571. The number of allylic oxidation sites excluding steroid dienone is 2. The Morgan fingerprint density at radius 3 is 2.61 bits per heavy atom. The van der Waals surface area contributed by atoms with Crippen molar-refractivity contribution in [2.24, 2.45) is 5.92 Å². The minimum atomic E-state index is 0.384. The summed E-state index contributed by atoms with van der Waals surface area (Å²) >= 11 is 0. The van der Waals surface area contributed by atoms with Crippen LogP contribution in [0.4, 0.5) is 5.69 Å². The van der Waals surface area contributed by atoms with Crippen LogP contribution < -0.4 is 5.32 Å². The van der Waals surface area contributed by atoms with E-state index < -0.39 is 0 Å². The van der Waals surface area contributed by atoms with E-state index in [4.69, 9.17) is 0 Å². The molecule has 1 N–H and O–H groups in total. The van der Waals surface area contributed by atoms with Crippen molar-refractivity contribution in [3.63, 3.8) is 0 Å². The van der Waals surface area contributed by atoms with Crippen LogP contribution in [0.5, 0.6) is 0 Å². The summed E-state index contributed by atoms with van der Waals surface area (Å²) in [6.07, 6.45) is 5.91. The van der Waals surface area contributed by atoms with E-state index in [9.17, 15) is 0 Å². The SMILES string of the molecule is C1=CC2c3ccccc3NC(c3ccc4ccccc4c3)C2C1. The predicted octanol–water partition coefficient (Wildman–Crippen LogP) is 5.67. The highest BCUT2D eigenvalue weighted by Crippen LogP contribution is 2.49. The van der Waals surface area contributed by atoms with Gasteiger partial charge >= 0.3 is 0 Å². The number of para-hydroxylation sites is 1. The third-order valence-corrected chi connectivity index (χ3v) is 5.40. The van der Waals surface area contributed by atoms with Crippen molar-refractivity contribution >= 4 is 16.5 Å². The summed E-state index contributed by atoms with van der Waals surface area (Å²) in [6, 6.07) is 24.7. The van der Waals surface area contributed by atoms with Gasteiger partial charge in [0.15, 0.2) is 0 Å². The lowest BCUT2D eigenvalue weighted by Gasteiger charge is -2.37. The predicted molar refractivity (Wildman–Crippen MR) is 96.7 cm³/mol. The van der Waals surface area contributed by atoms with Crippen molar-refractivity contribution in [1.82, 2.24) is 0 Å².